The van der Waals surface area contributed by atoms with E-state index in [0.717, 1.165) is 30.5 Å². The second kappa shape index (κ2) is 6.61. The molecule has 1 unspecified atom stereocenters. The number of aryl methyl sites for hydroxylation is 1. The predicted octanol–water partition coefficient (Wildman–Crippen LogP) is 3.33. The standard InChI is InChI=1S/C18H26N2O/c19-17(14-6-3-1-2-4-7-14)15-10-9-13-8-5-11-20-18(21)16(13)12-15/h9-10,12,14,17H,1-8,11,19H2,(H,20,21). The SMILES string of the molecule is NC(c1ccc2c(c1)C(=O)NCCC2)C1CCCCCC1. The molecular formula is C18H26N2O. The van der Waals surface area contributed by atoms with Gasteiger partial charge in [-0.2, -0.15) is 0 Å². The fourth-order valence-electron chi connectivity index (χ4n) is 3.75. The van der Waals surface area contributed by atoms with Crippen LogP contribution in [0.1, 0.15) is 72.5 Å². The summed E-state index contributed by atoms with van der Waals surface area (Å²) >= 11 is 0. The summed E-state index contributed by atoms with van der Waals surface area (Å²) in [5.74, 6) is 0.636. The first-order valence-electron chi connectivity index (χ1n) is 8.42. The quantitative estimate of drug-likeness (QED) is 0.819. The molecule has 1 atom stereocenters. The Labute approximate surface area is 127 Å². The summed E-state index contributed by atoms with van der Waals surface area (Å²) in [5, 5.41) is 2.98. The number of hydrogen-bond donors (Lipinski definition) is 2. The summed E-state index contributed by atoms with van der Waals surface area (Å²) in [6.07, 6.45) is 9.73. The number of fused-ring (bicyclic) bond motifs is 1. The number of rotatable bonds is 2. The van der Waals surface area contributed by atoms with Crippen LogP contribution < -0.4 is 11.1 Å². The van der Waals surface area contributed by atoms with Gasteiger partial charge in [0.2, 0.25) is 0 Å². The van der Waals surface area contributed by atoms with Gasteiger partial charge in [-0.05, 0) is 48.8 Å². The summed E-state index contributed by atoms with van der Waals surface area (Å²) in [6, 6.07) is 6.38. The van der Waals surface area contributed by atoms with Gasteiger partial charge < -0.3 is 11.1 Å². The van der Waals surface area contributed by atoms with Crippen LogP contribution in [0, 0.1) is 5.92 Å². The molecule has 3 nitrogen and oxygen atoms in total. The first-order chi connectivity index (χ1) is 10.3. The van der Waals surface area contributed by atoms with Crippen LogP contribution in [0.15, 0.2) is 18.2 Å². The van der Waals surface area contributed by atoms with Crippen LogP contribution in [-0.2, 0) is 6.42 Å². The minimum atomic E-state index is 0.0671. The number of carbonyl (C=O) groups excluding carboxylic acids is 1. The van der Waals surface area contributed by atoms with Gasteiger partial charge in [-0.1, -0.05) is 37.8 Å². The lowest BCUT2D eigenvalue weighted by molar-refractivity contribution is 0.0956. The van der Waals surface area contributed by atoms with Gasteiger partial charge in [-0.25, -0.2) is 0 Å². The van der Waals surface area contributed by atoms with Gasteiger partial charge in [0.05, 0.1) is 0 Å². The van der Waals surface area contributed by atoms with Crippen LogP contribution in [0.2, 0.25) is 0 Å². The van der Waals surface area contributed by atoms with Crippen molar-refractivity contribution in [2.75, 3.05) is 6.54 Å². The average Bonchev–Trinajstić information content (AvgIpc) is 2.88. The Balaban J connectivity index is 1.83. The lowest BCUT2D eigenvalue weighted by Gasteiger charge is -2.23. The maximum absolute atomic E-state index is 12.2. The van der Waals surface area contributed by atoms with Gasteiger partial charge in [0, 0.05) is 18.2 Å². The van der Waals surface area contributed by atoms with Crippen molar-refractivity contribution in [3.8, 4) is 0 Å². The van der Waals surface area contributed by atoms with E-state index in [1.54, 1.807) is 0 Å². The molecule has 0 aromatic heterocycles. The Bertz CT molecular complexity index is 504. The molecule has 1 amide bonds. The first kappa shape index (κ1) is 14.6. The Morgan fingerprint density at radius 2 is 1.86 bits per heavy atom. The third-order valence-electron chi connectivity index (χ3n) is 5.08. The third-order valence-corrected chi connectivity index (χ3v) is 5.08. The van der Waals surface area contributed by atoms with Crippen molar-refractivity contribution in [1.82, 2.24) is 5.32 Å². The Hall–Kier alpha value is -1.35. The molecule has 1 heterocycles. The van der Waals surface area contributed by atoms with E-state index in [1.807, 2.05) is 6.07 Å². The number of nitrogens with two attached hydrogens (primary N) is 1. The minimum Gasteiger partial charge on any atom is -0.352 e. The summed E-state index contributed by atoms with van der Waals surface area (Å²) < 4.78 is 0. The maximum Gasteiger partial charge on any atom is 0.251 e. The molecule has 0 saturated heterocycles. The highest BCUT2D eigenvalue weighted by atomic mass is 16.1. The fraction of sp³-hybridized carbons (Fsp3) is 0.611. The highest BCUT2D eigenvalue weighted by molar-refractivity contribution is 5.96. The summed E-state index contributed by atoms with van der Waals surface area (Å²) in [5.41, 5.74) is 9.67. The molecule has 1 saturated carbocycles. The molecule has 3 N–H and O–H groups in total. The van der Waals surface area contributed by atoms with Crippen molar-refractivity contribution in [2.45, 2.75) is 57.4 Å². The number of benzene rings is 1. The Morgan fingerprint density at radius 1 is 1.10 bits per heavy atom. The molecule has 3 heteroatoms. The van der Waals surface area contributed by atoms with E-state index >= 15 is 0 Å². The van der Waals surface area contributed by atoms with E-state index in [-0.39, 0.29) is 11.9 Å². The van der Waals surface area contributed by atoms with Crippen LogP contribution in [0.5, 0.6) is 0 Å². The zero-order valence-corrected chi connectivity index (χ0v) is 12.7. The zero-order valence-electron chi connectivity index (χ0n) is 12.7. The van der Waals surface area contributed by atoms with Crippen molar-refractivity contribution in [2.24, 2.45) is 11.7 Å². The van der Waals surface area contributed by atoms with Crippen molar-refractivity contribution >= 4 is 5.91 Å². The molecular weight excluding hydrogens is 260 g/mol. The molecule has 2 aliphatic rings. The molecule has 0 radical (unpaired) electrons. The zero-order chi connectivity index (χ0) is 14.7. The van der Waals surface area contributed by atoms with Crippen molar-refractivity contribution in [3.05, 3.63) is 34.9 Å². The molecule has 1 aliphatic carbocycles. The van der Waals surface area contributed by atoms with Crippen molar-refractivity contribution in [3.63, 3.8) is 0 Å². The lowest BCUT2D eigenvalue weighted by Crippen LogP contribution is -2.24. The maximum atomic E-state index is 12.2. The van der Waals surface area contributed by atoms with Gasteiger partial charge in [-0.3, -0.25) is 4.79 Å². The predicted molar refractivity (Wildman–Crippen MR) is 85.2 cm³/mol. The molecule has 0 spiro atoms. The monoisotopic (exact) mass is 286 g/mol. The van der Waals surface area contributed by atoms with Gasteiger partial charge >= 0.3 is 0 Å². The highest BCUT2D eigenvalue weighted by Gasteiger charge is 2.23. The van der Waals surface area contributed by atoms with Crippen LogP contribution in [0.25, 0.3) is 0 Å². The highest BCUT2D eigenvalue weighted by Crippen LogP contribution is 2.33. The van der Waals surface area contributed by atoms with Gasteiger partial charge in [0.1, 0.15) is 0 Å². The number of carbonyl (C=O) groups is 1. The average molecular weight is 286 g/mol. The Morgan fingerprint density at radius 3 is 2.62 bits per heavy atom. The van der Waals surface area contributed by atoms with Crippen LogP contribution in [0.4, 0.5) is 0 Å². The Kier molecular flexibility index (Phi) is 4.59. The van der Waals surface area contributed by atoms with E-state index in [9.17, 15) is 4.79 Å². The number of nitrogens with one attached hydrogen (secondary N) is 1. The minimum absolute atomic E-state index is 0.0671. The van der Waals surface area contributed by atoms with E-state index < -0.39 is 0 Å². The first-order valence-corrected chi connectivity index (χ1v) is 8.42. The van der Waals surface area contributed by atoms with Crippen LogP contribution in [-0.4, -0.2) is 12.5 Å². The third kappa shape index (κ3) is 3.29. The molecule has 21 heavy (non-hydrogen) atoms. The van der Waals surface area contributed by atoms with Gasteiger partial charge in [0.15, 0.2) is 0 Å². The van der Waals surface area contributed by atoms with E-state index in [0.29, 0.717) is 5.92 Å². The van der Waals surface area contributed by atoms with Gasteiger partial charge in [0.25, 0.3) is 5.91 Å². The number of hydrogen-bond acceptors (Lipinski definition) is 2. The van der Waals surface area contributed by atoms with E-state index in [1.165, 1.54) is 44.1 Å². The van der Waals surface area contributed by atoms with Crippen LogP contribution >= 0.6 is 0 Å². The van der Waals surface area contributed by atoms with Crippen LogP contribution in [0.3, 0.4) is 0 Å². The fourth-order valence-corrected chi connectivity index (χ4v) is 3.75. The summed E-state index contributed by atoms with van der Waals surface area (Å²) in [4.78, 5) is 12.2. The molecule has 1 fully saturated rings. The second-order valence-corrected chi connectivity index (χ2v) is 6.55. The van der Waals surface area contributed by atoms with E-state index in [4.69, 9.17) is 5.73 Å². The summed E-state index contributed by atoms with van der Waals surface area (Å²) in [6.45, 7) is 0.775. The molecule has 1 aromatic carbocycles. The normalized spacial score (nSPS) is 21.9. The molecule has 1 aliphatic heterocycles. The largest absolute Gasteiger partial charge is 0.352 e. The molecule has 3 rings (SSSR count). The smallest absolute Gasteiger partial charge is 0.251 e. The topological polar surface area (TPSA) is 55.1 Å². The van der Waals surface area contributed by atoms with E-state index in [2.05, 4.69) is 17.4 Å². The lowest BCUT2D eigenvalue weighted by atomic mass is 9.86. The molecule has 114 valence electrons. The summed E-state index contributed by atoms with van der Waals surface area (Å²) in [7, 11) is 0. The number of amides is 1. The second-order valence-electron chi connectivity index (χ2n) is 6.55. The molecule has 0 bridgehead atoms. The van der Waals surface area contributed by atoms with Crippen molar-refractivity contribution < 1.29 is 4.79 Å². The molecule has 1 aromatic rings. The van der Waals surface area contributed by atoms with Crippen molar-refractivity contribution in [1.29, 1.82) is 0 Å². The van der Waals surface area contributed by atoms with Gasteiger partial charge in [-0.15, -0.1) is 0 Å².